The molecule has 0 fully saturated rings. The fourth-order valence-electron chi connectivity index (χ4n) is 4.04. The number of rotatable bonds is 1. The van der Waals surface area contributed by atoms with E-state index in [1.54, 1.807) is 29.7 Å². The van der Waals surface area contributed by atoms with E-state index < -0.39 is 0 Å². The Labute approximate surface area is 163 Å². The molecule has 0 aromatic carbocycles. The Bertz CT molecular complexity index is 1140. The van der Waals surface area contributed by atoms with Gasteiger partial charge in [0.25, 0.3) is 11.8 Å². The van der Waals surface area contributed by atoms with Gasteiger partial charge in [0.15, 0.2) is 0 Å². The smallest absolute Gasteiger partial charge is 0.262 e. The number of hydrogen-bond donors (Lipinski definition) is 0. The van der Waals surface area contributed by atoms with E-state index in [1.165, 1.54) is 30.7 Å². The van der Waals surface area contributed by atoms with Crippen LogP contribution in [-0.2, 0) is 5.41 Å². The molecule has 0 atom stereocenters. The van der Waals surface area contributed by atoms with Crippen LogP contribution in [0.1, 0.15) is 55.4 Å². The van der Waals surface area contributed by atoms with E-state index in [0.717, 1.165) is 14.6 Å². The molecule has 3 aromatic rings. The van der Waals surface area contributed by atoms with E-state index in [2.05, 4.69) is 32.9 Å². The first-order valence-corrected chi connectivity index (χ1v) is 10.9. The SMILES string of the molecule is Cc1cc2c(s1)-c1sc(-c3sc(C)c4c3C(=O)N(C)C4=O)cc1C2(C)C. The molecule has 0 spiro atoms. The van der Waals surface area contributed by atoms with Crippen molar-refractivity contribution in [3.63, 3.8) is 0 Å². The molecule has 3 nitrogen and oxygen atoms in total. The maximum atomic E-state index is 12.6. The van der Waals surface area contributed by atoms with Crippen LogP contribution in [0.5, 0.6) is 0 Å². The van der Waals surface area contributed by atoms with Crippen molar-refractivity contribution in [1.29, 1.82) is 0 Å². The first-order chi connectivity index (χ1) is 12.2. The Morgan fingerprint density at radius 1 is 0.846 bits per heavy atom. The van der Waals surface area contributed by atoms with Gasteiger partial charge in [-0.05, 0) is 37.1 Å². The summed E-state index contributed by atoms with van der Waals surface area (Å²) < 4.78 is 0. The van der Waals surface area contributed by atoms with Crippen LogP contribution in [0.3, 0.4) is 0 Å². The van der Waals surface area contributed by atoms with E-state index in [-0.39, 0.29) is 17.2 Å². The highest BCUT2D eigenvalue weighted by Crippen LogP contribution is 2.57. The Kier molecular flexibility index (Phi) is 3.12. The minimum Gasteiger partial charge on any atom is -0.277 e. The van der Waals surface area contributed by atoms with Crippen molar-refractivity contribution in [3.05, 3.63) is 44.1 Å². The van der Waals surface area contributed by atoms with Crippen molar-refractivity contribution < 1.29 is 9.59 Å². The first kappa shape index (κ1) is 16.4. The summed E-state index contributed by atoms with van der Waals surface area (Å²) in [5.41, 5.74) is 3.92. The summed E-state index contributed by atoms with van der Waals surface area (Å²) in [5.74, 6) is -0.351. The van der Waals surface area contributed by atoms with Crippen molar-refractivity contribution in [2.75, 3.05) is 7.05 Å². The predicted molar refractivity (Wildman–Crippen MR) is 109 cm³/mol. The van der Waals surface area contributed by atoms with Gasteiger partial charge in [0.05, 0.1) is 16.0 Å². The molecule has 3 aromatic heterocycles. The molecular weight excluding hydrogens is 382 g/mol. The number of nitrogens with zero attached hydrogens (tertiary/aromatic N) is 1. The summed E-state index contributed by atoms with van der Waals surface area (Å²) in [4.78, 5) is 33.3. The lowest BCUT2D eigenvalue weighted by atomic mass is 9.84. The molecule has 0 radical (unpaired) electrons. The highest BCUT2D eigenvalue weighted by molar-refractivity contribution is 7.27. The molecule has 132 valence electrons. The van der Waals surface area contributed by atoms with Gasteiger partial charge in [0.2, 0.25) is 0 Å². The minimum absolute atomic E-state index is 0.0176. The van der Waals surface area contributed by atoms with E-state index in [1.807, 2.05) is 18.3 Å². The number of imide groups is 1. The van der Waals surface area contributed by atoms with Crippen molar-refractivity contribution in [2.45, 2.75) is 33.1 Å². The molecule has 2 amide bonds. The van der Waals surface area contributed by atoms with Gasteiger partial charge in [-0.15, -0.1) is 34.0 Å². The van der Waals surface area contributed by atoms with Crippen LogP contribution in [0.2, 0.25) is 0 Å². The molecule has 5 rings (SSSR count). The molecular formula is C20H17NO2S3. The summed E-state index contributed by atoms with van der Waals surface area (Å²) >= 11 is 5.17. The summed E-state index contributed by atoms with van der Waals surface area (Å²) in [6, 6.07) is 4.54. The molecule has 1 aliphatic carbocycles. The van der Waals surface area contributed by atoms with Gasteiger partial charge in [-0.25, -0.2) is 0 Å². The second-order valence-electron chi connectivity index (χ2n) is 7.48. The largest absolute Gasteiger partial charge is 0.277 e. The van der Waals surface area contributed by atoms with Crippen molar-refractivity contribution in [1.82, 2.24) is 4.90 Å². The molecule has 0 N–H and O–H groups in total. The number of carbonyl (C=O) groups is 2. The molecule has 26 heavy (non-hydrogen) atoms. The van der Waals surface area contributed by atoms with Gasteiger partial charge in [0, 0.05) is 36.8 Å². The zero-order valence-corrected chi connectivity index (χ0v) is 17.6. The number of thiophene rings is 3. The quantitative estimate of drug-likeness (QED) is 0.493. The van der Waals surface area contributed by atoms with E-state index in [4.69, 9.17) is 0 Å². The van der Waals surface area contributed by atoms with Crippen LogP contribution in [0, 0.1) is 13.8 Å². The maximum Gasteiger partial charge on any atom is 0.262 e. The maximum absolute atomic E-state index is 12.6. The summed E-state index contributed by atoms with van der Waals surface area (Å²) in [6.07, 6.45) is 0. The minimum atomic E-state index is -0.176. The van der Waals surface area contributed by atoms with E-state index in [9.17, 15) is 9.59 Å². The third kappa shape index (κ3) is 1.82. The second-order valence-corrected chi connectivity index (χ2v) is 11.0. The number of fused-ring (bicyclic) bond motifs is 4. The zero-order chi connectivity index (χ0) is 18.5. The lowest BCUT2D eigenvalue weighted by Gasteiger charge is -2.19. The molecule has 1 aliphatic heterocycles. The van der Waals surface area contributed by atoms with Crippen LogP contribution in [0.4, 0.5) is 0 Å². The number of hydrogen-bond acceptors (Lipinski definition) is 5. The van der Waals surface area contributed by atoms with Gasteiger partial charge < -0.3 is 0 Å². The summed E-state index contributed by atoms with van der Waals surface area (Å²) in [7, 11) is 1.57. The van der Waals surface area contributed by atoms with E-state index >= 15 is 0 Å². The fourth-order valence-corrected chi connectivity index (χ4v) is 7.93. The highest BCUT2D eigenvalue weighted by atomic mass is 32.1. The van der Waals surface area contributed by atoms with Crippen LogP contribution in [0.25, 0.3) is 19.5 Å². The standard InChI is InChI=1S/C20H17NO2S3/c1-8-6-10-15(24-8)16-11(20(10,3)4)7-12(26-16)17-14-13(9(2)25-17)18(22)21(5)19(14)23/h6-7H,1-5H3. The molecule has 0 bridgehead atoms. The molecule has 0 saturated carbocycles. The van der Waals surface area contributed by atoms with Crippen LogP contribution < -0.4 is 0 Å². The van der Waals surface area contributed by atoms with Gasteiger partial charge in [-0.2, -0.15) is 0 Å². The molecule has 0 unspecified atom stereocenters. The monoisotopic (exact) mass is 399 g/mol. The number of amides is 2. The van der Waals surface area contributed by atoms with Crippen molar-refractivity contribution in [2.24, 2.45) is 0 Å². The van der Waals surface area contributed by atoms with Gasteiger partial charge in [-0.3, -0.25) is 14.5 Å². The lowest BCUT2D eigenvalue weighted by molar-refractivity contribution is 0.0693. The Morgan fingerprint density at radius 3 is 2.19 bits per heavy atom. The lowest BCUT2D eigenvalue weighted by Crippen LogP contribution is -2.24. The number of aryl methyl sites for hydroxylation is 2. The highest BCUT2D eigenvalue weighted by Gasteiger charge is 2.42. The average Bonchev–Trinajstić information content (AvgIpc) is 3.32. The van der Waals surface area contributed by atoms with Crippen LogP contribution >= 0.6 is 34.0 Å². The van der Waals surface area contributed by atoms with Gasteiger partial charge in [-0.1, -0.05) is 13.8 Å². The van der Waals surface area contributed by atoms with Crippen LogP contribution in [-0.4, -0.2) is 23.8 Å². The van der Waals surface area contributed by atoms with Crippen molar-refractivity contribution in [3.8, 4) is 19.5 Å². The average molecular weight is 400 g/mol. The van der Waals surface area contributed by atoms with Gasteiger partial charge >= 0.3 is 0 Å². The molecule has 0 saturated heterocycles. The Hall–Kier alpha value is -1.76. The Balaban J connectivity index is 1.74. The topological polar surface area (TPSA) is 37.4 Å². The van der Waals surface area contributed by atoms with Crippen LogP contribution in [0.15, 0.2) is 12.1 Å². The fraction of sp³-hybridized carbons (Fsp3) is 0.300. The number of carbonyl (C=O) groups excluding carboxylic acids is 2. The molecule has 2 aliphatic rings. The molecule has 6 heteroatoms. The summed E-state index contributed by atoms with van der Waals surface area (Å²) in [5, 5.41) is 0. The third-order valence-electron chi connectivity index (χ3n) is 5.49. The first-order valence-electron chi connectivity index (χ1n) is 8.43. The second kappa shape index (κ2) is 4.94. The Morgan fingerprint density at radius 2 is 1.46 bits per heavy atom. The predicted octanol–water partition coefficient (Wildman–Crippen LogP) is 5.69. The normalized spacial score (nSPS) is 17.0. The van der Waals surface area contributed by atoms with E-state index in [0.29, 0.717) is 11.1 Å². The third-order valence-corrected chi connectivity index (χ3v) is 9.12. The summed E-state index contributed by atoms with van der Waals surface area (Å²) in [6.45, 7) is 8.63. The molecule has 4 heterocycles. The van der Waals surface area contributed by atoms with Gasteiger partial charge in [0.1, 0.15) is 0 Å². The zero-order valence-electron chi connectivity index (χ0n) is 15.1. The van der Waals surface area contributed by atoms with Crippen molar-refractivity contribution >= 4 is 45.8 Å².